The van der Waals surface area contributed by atoms with Gasteiger partial charge in [0.1, 0.15) is 0 Å². The molecule has 0 bridgehead atoms. The second-order valence-corrected chi connectivity index (χ2v) is 7.53. The van der Waals surface area contributed by atoms with Crippen molar-refractivity contribution >= 4 is 11.6 Å². The first-order valence-electron chi connectivity index (χ1n) is 10.2. The van der Waals surface area contributed by atoms with Crippen molar-refractivity contribution < 1.29 is 9.72 Å². The summed E-state index contributed by atoms with van der Waals surface area (Å²) >= 11 is 0. The van der Waals surface area contributed by atoms with Gasteiger partial charge < -0.3 is 9.88 Å². The largest absolute Gasteiger partial charge is 0.348 e. The van der Waals surface area contributed by atoms with Crippen molar-refractivity contribution in [2.75, 3.05) is 0 Å². The van der Waals surface area contributed by atoms with E-state index in [2.05, 4.69) is 34.6 Å². The molecule has 0 saturated carbocycles. The lowest BCUT2D eigenvalue weighted by Crippen LogP contribution is -2.24. The van der Waals surface area contributed by atoms with Crippen LogP contribution in [0.3, 0.4) is 0 Å². The van der Waals surface area contributed by atoms with Gasteiger partial charge in [-0.25, -0.2) is 4.98 Å². The van der Waals surface area contributed by atoms with E-state index < -0.39 is 4.92 Å². The number of hydrogen-bond acceptors (Lipinski definition) is 4. The topological polar surface area (TPSA) is 90.1 Å². The Balaban J connectivity index is 1.48. The van der Waals surface area contributed by atoms with Crippen molar-refractivity contribution in [1.82, 2.24) is 14.9 Å². The predicted molar refractivity (Wildman–Crippen MR) is 122 cm³/mol. The molecule has 0 spiro atoms. The Morgan fingerprint density at radius 2 is 1.88 bits per heavy atom. The molecule has 7 heteroatoms. The van der Waals surface area contributed by atoms with Crippen LogP contribution in [0.1, 0.15) is 27.0 Å². The van der Waals surface area contributed by atoms with E-state index in [0.29, 0.717) is 17.7 Å². The van der Waals surface area contributed by atoms with Crippen molar-refractivity contribution in [2.24, 2.45) is 0 Å². The third-order valence-electron chi connectivity index (χ3n) is 5.31. The minimum absolute atomic E-state index is 0.0270. The van der Waals surface area contributed by atoms with Crippen LogP contribution < -0.4 is 5.32 Å². The lowest BCUT2D eigenvalue weighted by Gasteiger charge is -2.13. The van der Waals surface area contributed by atoms with Crippen LogP contribution in [0, 0.1) is 17.0 Å². The summed E-state index contributed by atoms with van der Waals surface area (Å²) in [6, 6.07) is 20.5. The van der Waals surface area contributed by atoms with Crippen molar-refractivity contribution in [1.29, 1.82) is 0 Å². The van der Waals surface area contributed by atoms with Crippen molar-refractivity contribution in [3.63, 3.8) is 0 Å². The first-order valence-corrected chi connectivity index (χ1v) is 10.2. The molecule has 3 aromatic carbocycles. The molecule has 7 nitrogen and oxygen atoms in total. The van der Waals surface area contributed by atoms with E-state index in [4.69, 9.17) is 0 Å². The maximum Gasteiger partial charge on any atom is 0.269 e. The number of amides is 1. The van der Waals surface area contributed by atoms with Gasteiger partial charge in [0, 0.05) is 43.2 Å². The minimum Gasteiger partial charge on any atom is -0.348 e. The highest BCUT2D eigenvalue weighted by atomic mass is 16.6. The predicted octanol–water partition coefficient (Wildman–Crippen LogP) is 4.75. The van der Waals surface area contributed by atoms with Gasteiger partial charge in [0.25, 0.3) is 11.6 Å². The summed E-state index contributed by atoms with van der Waals surface area (Å²) in [6.45, 7) is 2.80. The second kappa shape index (κ2) is 9.26. The van der Waals surface area contributed by atoms with E-state index >= 15 is 0 Å². The average Bonchev–Trinajstić information content (AvgIpc) is 3.31. The Hall–Kier alpha value is -4.26. The standard InChI is InChI=1S/C25H22N4O3/c1-18-14-22(29(31)32)10-11-23(18)25(30)27-15-21-4-2-3-5-24(21)20-8-6-19(7-9-20)16-28-13-12-26-17-28/h2-14,17H,15-16H2,1H3,(H,27,30). The van der Waals surface area contributed by atoms with E-state index in [1.54, 1.807) is 19.4 Å². The van der Waals surface area contributed by atoms with Crippen LogP contribution in [-0.4, -0.2) is 20.4 Å². The smallest absolute Gasteiger partial charge is 0.269 e. The van der Waals surface area contributed by atoms with Gasteiger partial charge in [0.15, 0.2) is 0 Å². The first kappa shape index (κ1) is 21.0. The summed E-state index contributed by atoms with van der Waals surface area (Å²) in [7, 11) is 0. The maximum absolute atomic E-state index is 12.7. The number of aryl methyl sites for hydroxylation is 1. The fraction of sp³-hybridized carbons (Fsp3) is 0.120. The Bertz CT molecular complexity index is 1250. The number of aromatic nitrogens is 2. The normalized spacial score (nSPS) is 10.7. The molecule has 160 valence electrons. The number of non-ortho nitro benzene ring substituents is 1. The van der Waals surface area contributed by atoms with Crippen LogP contribution in [0.2, 0.25) is 0 Å². The third kappa shape index (κ3) is 4.73. The molecular weight excluding hydrogens is 404 g/mol. The molecular formula is C25H22N4O3. The number of nitrogens with zero attached hydrogens (tertiary/aromatic N) is 3. The molecule has 32 heavy (non-hydrogen) atoms. The highest BCUT2D eigenvalue weighted by molar-refractivity contribution is 5.96. The number of nitro groups is 1. The summed E-state index contributed by atoms with van der Waals surface area (Å²) in [5, 5.41) is 13.9. The second-order valence-electron chi connectivity index (χ2n) is 7.53. The van der Waals surface area contributed by atoms with Crippen LogP contribution >= 0.6 is 0 Å². The molecule has 1 N–H and O–H groups in total. The van der Waals surface area contributed by atoms with Gasteiger partial charge in [-0.2, -0.15) is 0 Å². The SMILES string of the molecule is Cc1cc([N+](=O)[O-])ccc1C(=O)NCc1ccccc1-c1ccc(Cn2ccnc2)cc1. The number of nitro benzene ring substituents is 1. The molecule has 1 amide bonds. The van der Waals surface area contributed by atoms with Gasteiger partial charge >= 0.3 is 0 Å². The number of rotatable bonds is 7. The Kier molecular flexibility index (Phi) is 6.07. The van der Waals surface area contributed by atoms with Gasteiger partial charge in [-0.3, -0.25) is 14.9 Å². The zero-order valence-corrected chi connectivity index (χ0v) is 17.6. The monoisotopic (exact) mass is 426 g/mol. The van der Waals surface area contributed by atoms with Crippen LogP contribution in [0.5, 0.6) is 0 Å². The summed E-state index contributed by atoms with van der Waals surface area (Å²) in [5.41, 5.74) is 5.24. The Morgan fingerprint density at radius 1 is 1.09 bits per heavy atom. The molecule has 0 radical (unpaired) electrons. The summed E-state index contributed by atoms with van der Waals surface area (Å²) in [4.78, 5) is 27.2. The van der Waals surface area contributed by atoms with Crippen LogP contribution in [0.4, 0.5) is 5.69 Å². The van der Waals surface area contributed by atoms with Crippen molar-refractivity contribution in [2.45, 2.75) is 20.0 Å². The van der Waals surface area contributed by atoms with E-state index in [0.717, 1.165) is 23.2 Å². The Labute approximate surface area is 185 Å². The van der Waals surface area contributed by atoms with Crippen LogP contribution in [0.15, 0.2) is 85.5 Å². The molecule has 0 fully saturated rings. The zero-order chi connectivity index (χ0) is 22.5. The van der Waals surface area contributed by atoms with E-state index in [1.807, 2.05) is 35.0 Å². The summed E-state index contributed by atoms with van der Waals surface area (Å²) in [6.07, 6.45) is 5.48. The van der Waals surface area contributed by atoms with Crippen LogP contribution in [0.25, 0.3) is 11.1 Å². The van der Waals surface area contributed by atoms with Gasteiger partial charge in [0.05, 0.1) is 11.3 Å². The fourth-order valence-electron chi connectivity index (χ4n) is 3.62. The number of nitrogens with one attached hydrogen (secondary N) is 1. The highest BCUT2D eigenvalue weighted by Crippen LogP contribution is 2.25. The van der Waals surface area contributed by atoms with E-state index in [-0.39, 0.29) is 11.6 Å². The van der Waals surface area contributed by atoms with Gasteiger partial charge in [-0.1, -0.05) is 48.5 Å². The number of imidazole rings is 1. The Morgan fingerprint density at radius 3 is 2.56 bits per heavy atom. The van der Waals surface area contributed by atoms with Crippen molar-refractivity contribution in [3.8, 4) is 11.1 Å². The third-order valence-corrected chi connectivity index (χ3v) is 5.31. The number of carbonyl (C=O) groups excluding carboxylic acids is 1. The molecule has 0 unspecified atom stereocenters. The molecule has 0 aliphatic heterocycles. The zero-order valence-electron chi connectivity index (χ0n) is 17.6. The molecule has 0 atom stereocenters. The lowest BCUT2D eigenvalue weighted by molar-refractivity contribution is -0.384. The number of carbonyl (C=O) groups is 1. The van der Waals surface area contributed by atoms with Crippen molar-refractivity contribution in [3.05, 3.63) is 118 Å². The molecule has 4 aromatic rings. The van der Waals surface area contributed by atoms with E-state index in [1.165, 1.54) is 23.8 Å². The highest BCUT2D eigenvalue weighted by Gasteiger charge is 2.14. The van der Waals surface area contributed by atoms with Crippen LogP contribution in [-0.2, 0) is 13.1 Å². The molecule has 4 rings (SSSR count). The van der Waals surface area contributed by atoms with E-state index in [9.17, 15) is 14.9 Å². The quantitative estimate of drug-likeness (QED) is 0.341. The first-order chi connectivity index (χ1) is 15.5. The summed E-state index contributed by atoms with van der Waals surface area (Å²) in [5.74, 6) is -0.261. The van der Waals surface area contributed by atoms with Gasteiger partial charge in [-0.15, -0.1) is 0 Å². The molecule has 1 aromatic heterocycles. The maximum atomic E-state index is 12.7. The van der Waals surface area contributed by atoms with Gasteiger partial charge in [0.2, 0.25) is 0 Å². The minimum atomic E-state index is -0.467. The molecule has 0 aliphatic rings. The number of benzene rings is 3. The average molecular weight is 426 g/mol. The fourth-order valence-corrected chi connectivity index (χ4v) is 3.62. The lowest BCUT2D eigenvalue weighted by atomic mass is 9.98. The van der Waals surface area contributed by atoms with Gasteiger partial charge in [-0.05, 0) is 40.8 Å². The summed E-state index contributed by atoms with van der Waals surface area (Å²) < 4.78 is 2.01. The molecule has 1 heterocycles. The number of hydrogen-bond donors (Lipinski definition) is 1. The molecule has 0 aliphatic carbocycles. The molecule has 0 saturated heterocycles.